The lowest BCUT2D eigenvalue weighted by molar-refractivity contribution is -0.152. The highest BCUT2D eigenvalue weighted by atomic mass is 16.7. The van der Waals surface area contributed by atoms with Gasteiger partial charge in [0.1, 0.15) is 23.7 Å². The Morgan fingerprint density at radius 3 is 2.67 bits per heavy atom. The van der Waals surface area contributed by atoms with Crippen LogP contribution in [0.4, 0.5) is 0 Å². The summed E-state index contributed by atoms with van der Waals surface area (Å²) in [5.74, 6) is 0.689. The minimum atomic E-state index is -0.763. The summed E-state index contributed by atoms with van der Waals surface area (Å²) in [5, 5.41) is 9.97. The van der Waals surface area contributed by atoms with E-state index in [1.54, 1.807) is 6.07 Å². The van der Waals surface area contributed by atoms with Crippen molar-refractivity contribution in [2.75, 3.05) is 6.61 Å². The quantitative estimate of drug-likeness (QED) is 0.811. The van der Waals surface area contributed by atoms with Crippen LogP contribution in [0.5, 0.6) is 0 Å². The number of ether oxygens (including phenoxy) is 2. The van der Waals surface area contributed by atoms with Crippen molar-refractivity contribution in [3.05, 3.63) is 23.7 Å². The lowest BCUT2D eigenvalue weighted by Gasteiger charge is -2.19. The molecule has 0 spiro atoms. The summed E-state index contributed by atoms with van der Waals surface area (Å²) in [5.41, 5.74) is 0. The van der Waals surface area contributed by atoms with Crippen LogP contribution in [0.25, 0.3) is 0 Å². The van der Waals surface area contributed by atoms with Crippen LogP contribution in [0.15, 0.2) is 16.5 Å². The molecule has 2 rings (SSSR count). The summed E-state index contributed by atoms with van der Waals surface area (Å²) in [6.07, 6.45) is -1.12. The molecule has 0 aliphatic carbocycles. The fourth-order valence-corrected chi connectivity index (χ4v) is 1.67. The molecular formula is C11H16O4. The summed E-state index contributed by atoms with van der Waals surface area (Å²) in [6.45, 7) is 5.88. The van der Waals surface area contributed by atoms with Crippen LogP contribution in [0.1, 0.15) is 31.5 Å². The van der Waals surface area contributed by atoms with E-state index in [1.165, 1.54) is 0 Å². The fourth-order valence-electron chi connectivity index (χ4n) is 1.67. The zero-order valence-electron chi connectivity index (χ0n) is 9.19. The number of hydrogen-bond acceptors (Lipinski definition) is 4. The Labute approximate surface area is 88.8 Å². The van der Waals surface area contributed by atoms with E-state index in [2.05, 4.69) is 0 Å². The Hall–Kier alpha value is -0.840. The Morgan fingerprint density at radius 2 is 2.20 bits per heavy atom. The molecule has 1 fully saturated rings. The highest BCUT2D eigenvalue weighted by Crippen LogP contribution is 2.31. The van der Waals surface area contributed by atoms with Gasteiger partial charge < -0.3 is 19.0 Å². The normalized spacial score (nSPS) is 26.8. The van der Waals surface area contributed by atoms with Crippen molar-refractivity contribution >= 4 is 0 Å². The number of aliphatic hydroxyl groups excluding tert-OH is 1. The molecule has 0 amide bonds. The lowest BCUT2D eigenvalue weighted by atomic mass is 10.2. The second kappa shape index (κ2) is 3.63. The van der Waals surface area contributed by atoms with E-state index in [9.17, 15) is 5.11 Å². The number of aryl methyl sites for hydroxylation is 1. The number of rotatable bonds is 2. The van der Waals surface area contributed by atoms with Crippen LogP contribution < -0.4 is 0 Å². The molecule has 0 aromatic carbocycles. The molecular weight excluding hydrogens is 196 g/mol. The van der Waals surface area contributed by atoms with E-state index in [1.807, 2.05) is 26.8 Å². The molecule has 15 heavy (non-hydrogen) atoms. The molecule has 1 aromatic rings. The summed E-state index contributed by atoms with van der Waals surface area (Å²) in [4.78, 5) is 0. The van der Waals surface area contributed by atoms with Gasteiger partial charge in [-0.15, -0.1) is 0 Å². The first-order valence-corrected chi connectivity index (χ1v) is 5.04. The second-order valence-corrected chi connectivity index (χ2v) is 4.26. The maximum Gasteiger partial charge on any atom is 0.163 e. The average molecular weight is 212 g/mol. The van der Waals surface area contributed by atoms with Crippen LogP contribution in [0, 0.1) is 6.92 Å². The first-order chi connectivity index (χ1) is 6.98. The fraction of sp³-hybridized carbons (Fsp3) is 0.636. The first kappa shape index (κ1) is 10.7. The zero-order valence-corrected chi connectivity index (χ0v) is 9.19. The van der Waals surface area contributed by atoms with E-state index in [-0.39, 0.29) is 6.10 Å². The van der Waals surface area contributed by atoms with Crippen molar-refractivity contribution in [2.24, 2.45) is 0 Å². The smallest absolute Gasteiger partial charge is 0.163 e. The van der Waals surface area contributed by atoms with E-state index >= 15 is 0 Å². The van der Waals surface area contributed by atoms with Gasteiger partial charge in [-0.25, -0.2) is 0 Å². The van der Waals surface area contributed by atoms with Crippen molar-refractivity contribution in [1.29, 1.82) is 0 Å². The Kier molecular flexibility index (Phi) is 2.58. The van der Waals surface area contributed by atoms with Crippen molar-refractivity contribution in [1.82, 2.24) is 0 Å². The minimum absolute atomic E-state index is 0.356. The summed E-state index contributed by atoms with van der Waals surface area (Å²) >= 11 is 0. The van der Waals surface area contributed by atoms with Crippen molar-refractivity contribution in [2.45, 2.75) is 38.8 Å². The largest absolute Gasteiger partial charge is 0.464 e. The molecule has 1 saturated heterocycles. The maximum absolute atomic E-state index is 9.97. The molecule has 0 bridgehead atoms. The van der Waals surface area contributed by atoms with Gasteiger partial charge in [0.2, 0.25) is 0 Å². The summed E-state index contributed by atoms with van der Waals surface area (Å²) in [7, 11) is 0. The van der Waals surface area contributed by atoms with Gasteiger partial charge in [0.05, 0.1) is 6.61 Å². The second-order valence-electron chi connectivity index (χ2n) is 4.26. The highest BCUT2D eigenvalue weighted by Gasteiger charge is 2.38. The Balaban J connectivity index is 2.06. The predicted octanol–water partition coefficient (Wildman–Crippen LogP) is 1.77. The molecule has 2 atom stereocenters. The molecule has 1 aromatic heterocycles. The monoisotopic (exact) mass is 212 g/mol. The van der Waals surface area contributed by atoms with Crippen LogP contribution in [0.2, 0.25) is 0 Å². The molecule has 1 aliphatic heterocycles. The van der Waals surface area contributed by atoms with Crippen LogP contribution >= 0.6 is 0 Å². The van der Waals surface area contributed by atoms with Gasteiger partial charge in [-0.1, -0.05) is 0 Å². The van der Waals surface area contributed by atoms with E-state index < -0.39 is 11.9 Å². The Morgan fingerprint density at radius 1 is 1.47 bits per heavy atom. The van der Waals surface area contributed by atoms with Crippen molar-refractivity contribution < 1.29 is 19.0 Å². The number of hydrogen-bond donors (Lipinski definition) is 1. The van der Waals surface area contributed by atoms with Gasteiger partial charge in [-0.05, 0) is 32.9 Å². The molecule has 84 valence electrons. The summed E-state index contributed by atoms with van der Waals surface area (Å²) in [6, 6.07) is 3.58. The molecule has 1 N–H and O–H groups in total. The molecule has 0 radical (unpaired) electrons. The average Bonchev–Trinajstić information content (AvgIpc) is 2.71. The Bertz CT molecular complexity index is 342. The van der Waals surface area contributed by atoms with Crippen LogP contribution in [0.3, 0.4) is 0 Å². The third-order valence-corrected chi connectivity index (χ3v) is 2.44. The van der Waals surface area contributed by atoms with Crippen LogP contribution in [-0.4, -0.2) is 23.6 Å². The molecule has 1 aliphatic rings. The van der Waals surface area contributed by atoms with Gasteiger partial charge in [0, 0.05) is 0 Å². The van der Waals surface area contributed by atoms with Gasteiger partial charge in [-0.2, -0.15) is 0 Å². The third-order valence-electron chi connectivity index (χ3n) is 2.44. The predicted molar refractivity (Wildman–Crippen MR) is 53.3 cm³/mol. The first-order valence-electron chi connectivity index (χ1n) is 5.04. The van der Waals surface area contributed by atoms with Gasteiger partial charge in [0.25, 0.3) is 0 Å². The van der Waals surface area contributed by atoms with E-state index in [4.69, 9.17) is 13.9 Å². The molecule has 2 heterocycles. The topological polar surface area (TPSA) is 51.8 Å². The maximum atomic E-state index is 9.97. The van der Waals surface area contributed by atoms with E-state index in [0.717, 1.165) is 5.76 Å². The lowest BCUT2D eigenvalue weighted by Crippen LogP contribution is -2.25. The summed E-state index contributed by atoms with van der Waals surface area (Å²) < 4.78 is 16.3. The standard InChI is InChI=1S/C11H16O4/c1-7-4-5-8(14-7)10(12)9-6-13-11(2,3)15-9/h4-5,9-10,12H,6H2,1-3H3/t9-,10+/m1/s1. The zero-order chi connectivity index (χ0) is 11.1. The van der Waals surface area contributed by atoms with Crippen molar-refractivity contribution in [3.63, 3.8) is 0 Å². The number of furan rings is 1. The van der Waals surface area contributed by atoms with Crippen LogP contribution in [-0.2, 0) is 9.47 Å². The van der Waals surface area contributed by atoms with E-state index in [0.29, 0.717) is 12.4 Å². The van der Waals surface area contributed by atoms with Gasteiger partial charge in [0.15, 0.2) is 5.79 Å². The minimum Gasteiger partial charge on any atom is -0.464 e. The van der Waals surface area contributed by atoms with Crippen molar-refractivity contribution in [3.8, 4) is 0 Å². The molecule has 0 saturated carbocycles. The van der Waals surface area contributed by atoms with Gasteiger partial charge in [-0.3, -0.25) is 0 Å². The number of aliphatic hydroxyl groups is 1. The molecule has 4 nitrogen and oxygen atoms in total. The SMILES string of the molecule is Cc1ccc([C@H](O)[C@H]2COC(C)(C)O2)o1. The molecule has 4 heteroatoms. The third kappa shape index (κ3) is 2.22. The highest BCUT2D eigenvalue weighted by molar-refractivity contribution is 5.09. The molecule has 0 unspecified atom stereocenters. The van der Waals surface area contributed by atoms with Gasteiger partial charge >= 0.3 is 0 Å².